The van der Waals surface area contributed by atoms with E-state index >= 15 is 0 Å². The molecule has 0 radical (unpaired) electrons. The quantitative estimate of drug-likeness (QED) is 0.148. The van der Waals surface area contributed by atoms with Gasteiger partial charge in [-0.05, 0) is 173 Å². The Bertz CT molecular complexity index is 1150. The molecular formula is C46H66O. The molecule has 0 heterocycles. The maximum Gasteiger partial charge on any atom is 0.0503 e. The first-order chi connectivity index (χ1) is 23.2. The van der Waals surface area contributed by atoms with E-state index in [0.29, 0.717) is 0 Å². The van der Waals surface area contributed by atoms with Gasteiger partial charge in [-0.15, -0.1) is 0 Å². The lowest BCUT2D eigenvalue weighted by Gasteiger charge is -2.36. The minimum Gasteiger partial charge on any atom is -0.381 e. The van der Waals surface area contributed by atoms with Crippen LogP contribution in [0.15, 0.2) is 71.8 Å². The third kappa shape index (κ3) is 9.97. The average Bonchev–Trinajstić information content (AvgIpc) is 3.13. The minimum atomic E-state index is 0.795. The Hall–Kier alpha value is -2.12. The van der Waals surface area contributed by atoms with Gasteiger partial charge in [-0.1, -0.05) is 98.5 Å². The lowest BCUT2D eigenvalue weighted by atomic mass is 9.70. The van der Waals surface area contributed by atoms with Crippen molar-refractivity contribution in [3.63, 3.8) is 0 Å². The fourth-order valence-electron chi connectivity index (χ4n) is 9.97. The van der Waals surface area contributed by atoms with Crippen molar-refractivity contribution in [2.75, 3.05) is 13.2 Å². The number of hydrogen-bond donors (Lipinski definition) is 0. The zero-order chi connectivity index (χ0) is 32.3. The molecule has 2 unspecified atom stereocenters. The molecule has 2 fully saturated rings. The van der Waals surface area contributed by atoms with Crippen molar-refractivity contribution in [2.24, 2.45) is 23.7 Å². The fourth-order valence-corrected chi connectivity index (χ4v) is 9.97. The second-order valence-corrected chi connectivity index (χ2v) is 16.1. The molecule has 0 saturated heterocycles. The van der Waals surface area contributed by atoms with Gasteiger partial charge in [0, 0.05) is 0 Å². The Kier molecular flexibility index (Phi) is 13.3. The molecule has 2 atom stereocenters. The van der Waals surface area contributed by atoms with E-state index in [9.17, 15) is 0 Å². The van der Waals surface area contributed by atoms with Crippen LogP contribution in [-0.2, 0) is 17.6 Å². The molecule has 2 aromatic carbocycles. The zero-order valence-corrected chi connectivity index (χ0v) is 30.2. The van der Waals surface area contributed by atoms with Crippen LogP contribution in [0.2, 0.25) is 0 Å². The monoisotopic (exact) mass is 635 g/mol. The van der Waals surface area contributed by atoms with Crippen molar-refractivity contribution in [1.82, 2.24) is 0 Å². The molecule has 1 heteroatoms. The van der Waals surface area contributed by atoms with Gasteiger partial charge in [-0.3, -0.25) is 0 Å². The van der Waals surface area contributed by atoms with Gasteiger partial charge in [-0.25, -0.2) is 0 Å². The molecule has 0 spiro atoms. The largest absolute Gasteiger partial charge is 0.381 e. The summed E-state index contributed by atoms with van der Waals surface area (Å²) < 4.78 is 6.19. The van der Waals surface area contributed by atoms with Gasteiger partial charge >= 0.3 is 0 Å². The first-order valence-electron chi connectivity index (χ1n) is 20.3. The molecule has 4 aliphatic carbocycles. The molecule has 0 bridgehead atoms. The molecule has 0 aromatic heterocycles. The third-order valence-electron chi connectivity index (χ3n) is 13.1. The van der Waals surface area contributed by atoms with Crippen LogP contribution in [0.1, 0.15) is 164 Å². The number of benzene rings is 2. The van der Waals surface area contributed by atoms with E-state index in [0.717, 1.165) is 61.6 Å². The highest BCUT2D eigenvalue weighted by molar-refractivity contribution is 5.27. The second kappa shape index (κ2) is 18.0. The number of ether oxygens (including phenoxy) is 1. The summed E-state index contributed by atoms with van der Waals surface area (Å²) >= 11 is 0. The van der Waals surface area contributed by atoms with Gasteiger partial charge in [0.05, 0.1) is 13.2 Å². The highest BCUT2D eigenvalue weighted by Crippen LogP contribution is 2.44. The molecule has 2 saturated carbocycles. The topological polar surface area (TPSA) is 9.23 Å². The Morgan fingerprint density at radius 1 is 0.468 bits per heavy atom. The Balaban J connectivity index is 0.818. The minimum absolute atomic E-state index is 0.795. The van der Waals surface area contributed by atoms with E-state index in [4.69, 9.17) is 4.74 Å². The summed E-state index contributed by atoms with van der Waals surface area (Å²) in [7, 11) is 0. The summed E-state index contributed by atoms with van der Waals surface area (Å²) in [5.74, 6) is 5.34. The van der Waals surface area contributed by atoms with Crippen molar-refractivity contribution in [2.45, 2.75) is 154 Å². The average molecular weight is 635 g/mol. The van der Waals surface area contributed by atoms with Crippen LogP contribution in [0.5, 0.6) is 0 Å². The summed E-state index contributed by atoms with van der Waals surface area (Å²) in [6.07, 6.45) is 31.8. The second-order valence-electron chi connectivity index (χ2n) is 16.1. The van der Waals surface area contributed by atoms with E-state index in [1.54, 1.807) is 22.3 Å². The van der Waals surface area contributed by atoms with E-state index in [1.165, 1.54) is 127 Å². The van der Waals surface area contributed by atoms with E-state index in [2.05, 4.69) is 74.5 Å². The Morgan fingerprint density at radius 3 is 1.21 bits per heavy atom. The summed E-state index contributed by atoms with van der Waals surface area (Å²) in [5.41, 5.74) is 9.53. The van der Waals surface area contributed by atoms with Crippen LogP contribution < -0.4 is 0 Å². The molecular weight excluding hydrogens is 569 g/mol. The van der Waals surface area contributed by atoms with Crippen molar-refractivity contribution in [3.05, 3.63) is 94.1 Å². The first kappa shape index (κ1) is 34.7. The fraction of sp³-hybridized carbons (Fsp3) is 0.652. The first-order valence-corrected chi connectivity index (χ1v) is 20.3. The van der Waals surface area contributed by atoms with Gasteiger partial charge in [0.2, 0.25) is 0 Å². The van der Waals surface area contributed by atoms with Crippen LogP contribution in [0, 0.1) is 23.7 Å². The summed E-state index contributed by atoms with van der Waals surface area (Å²) in [5, 5.41) is 0. The Labute approximate surface area is 289 Å². The smallest absolute Gasteiger partial charge is 0.0503 e. The van der Waals surface area contributed by atoms with E-state index < -0.39 is 0 Å². The highest BCUT2D eigenvalue weighted by atomic mass is 16.5. The van der Waals surface area contributed by atoms with Crippen molar-refractivity contribution in [1.29, 1.82) is 0 Å². The Morgan fingerprint density at radius 2 is 0.872 bits per heavy atom. The van der Waals surface area contributed by atoms with Crippen LogP contribution in [0.3, 0.4) is 0 Å². The summed E-state index contributed by atoms with van der Waals surface area (Å²) in [4.78, 5) is 0. The van der Waals surface area contributed by atoms with Crippen LogP contribution in [0.4, 0.5) is 0 Å². The highest BCUT2D eigenvalue weighted by Gasteiger charge is 2.30. The van der Waals surface area contributed by atoms with Gasteiger partial charge in [0.15, 0.2) is 0 Å². The third-order valence-corrected chi connectivity index (χ3v) is 13.1. The summed E-state index contributed by atoms with van der Waals surface area (Å²) in [6.45, 7) is 6.38. The van der Waals surface area contributed by atoms with Crippen molar-refractivity contribution < 1.29 is 4.74 Å². The van der Waals surface area contributed by atoms with Crippen molar-refractivity contribution >= 4 is 0 Å². The van der Waals surface area contributed by atoms with Crippen LogP contribution in [-0.4, -0.2) is 13.2 Å². The molecule has 47 heavy (non-hydrogen) atoms. The summed E-state index contributed by atoms with van der Waals surface area (Å²) in [6, 6.07) is 19.2. The van der Waals surface area contributed by atoms with Crippen LogP contribution >= 0.6 is 0 Å². The number of hydrogen-bond acceptors (Lipinski definition) is 1. The molecule has 256 valence electrons. The predicted molar refractivity (Wildman–Crippen MR) is 201 cm³/mol. The maximum atomic E-state index is 6.19. The SMILES string of the molecule is CCCc1ccc(C2CCC(C3CC=C(CCOCCC4=CCC(C5CCC(c6ccc(CCC)cc6)CC5)CC4)CC3)CC2)cc1. The van der Waals surface area contributed by atoms with Gasteiger partial charge in [-0.2, -0.15) is 0 Å². The van der Waals surface area contributed by atoms with Gasteiger partial charge in [0.25, 0.3) is 0 Å². The molecule has 0 amide bonds. The molecule has 0 aliphatic heterocycles. The zero-order valence-electron chi connectivity index (χ0n) is 30.2. The van der Waals surface area contributed by atoms with Gasteiger partial charge < -0.3 is 4.74 Å². The molecule has 4 aliphatic rings. The molecule has 6 rings (SSSR count). The number of aryl methyl sites for hydroxylation is 2. The molecule has 2 aromatic rings. The predicted octanol–water partition coefficient (Wildman–Crippen LogP) is 13.1. The van der Waals surface area contributed by atoms with Crippen molar-refractivity contribution in [3.8, 4) is 0 Å². The molecule has 0 N–H and O–H groups in total. The van der Waals surface area contributed by atoms with Crippen LogP contribution in [0.25, 0.3) is 0 Å². The van der Waals surface area contributed by atoms with Gasteiger partial charge in [0.1, 0.15) is 0 Å². The normalized spacial score (nSPS) is 28.5. The lowest BCUT2D eigenvalue weighted by Crippen LogP contribution is -2.23. The molecule has 1 nitrogen and oxygen atoms in total. The standard InChI is InChI=1S/C46H66O/c1-3-5-35-7-15-39(16-8-35)43-23-27-45(28-24-43)41-19-11-37(12-20-41)31-33-47-34-32-38-13-21-42(22-14-38)46-29-25-44(26-30-46)40-17-9-36(6-4-2)10-18-40/h7-11,13,15-18,41-46H,3-6,12,14,19-34H2,1-2H3. The van der Waals surface area contributed by atoms with E-state index in [1.807, 2.05) is 0 Å². The number of allylic oxidation sites excluding steroid dienone is 2. The maximum absolute atomic E-state index is 6.19. The lowest BCUT2D eigenvalue weighted by molar-refractivity contribution is 0.136. The van der Waals surface area contributed by atoms with E-state index in [-0.39, 0.29) is 0 Å². The number of rotatable bonds is 14.